The second-order valence-corrected chi connectivity index (χ2v) is 8.35. The van der Waals surface area contributed by atoms with Crippen LogP contribution in [0.25, 0.3) is 0 Å². The molecule has 3 saturated heterocycles. The van der Waals surface area contributed by atoms with E-state index in [0.717, 1.165) is 34.5 Å². The Morgan fingerprint density at radius 1 is 1.08 bits per heavy atom. The van der Waals surface area contributed by atoms with Crippen LogP contribution < -0.4 is 10.1 Å². The van der Waals surface area contributed by atoms with Crippen LogP contribution in [0.4, 0.5) is 0 Å². The van der Waals surface area contributed by atoms with Crippen molar-refractivity contribution in [3.8, 4) is 11.5 Å². The Morgan fingerprint density at radius 2 is 1.85 bits per heavy atom. The van der Waals surface area contributed by atoms with Crippen molar-refractivity contribution < 1.29 is 14.0 Å². The second kappa shape index (κ2) is 5.85. The molecule has 0 aliphatic carbocycles. The highest BCUT2D eigenvalue weighted by molar-refractivity contribution is 5.98. The molecule has 0 aromatic heterocycles. The van der Waals surface area contributed by atoms with Crippen molar-refractivity contribution in [2.75, 3.05) is 26.7 Å². The van der Waals surface area contributed by atoms with Gasteiger partial charge in [0.15, 0.2) is 0 Å². The first-order valence-corrected chi connectivity index (χ1v) is 9.63. The number of para-hydroxylation sites is 2. The van der Waals surface area contributed by atoms with Crippen LogP contribution in [0.2, 0.25) is 0 Å². The number of piperidine rings is 3. The van der Waals surface area contributed by atoms with Crippen molar-refractivity contribution in [3.05, 3.63) is 59.2 Å². The Kier molecular flexibility index (Phi) is 3.57. The highest BCUT2D eigenvalue weighted by atomic mass is 16.5. The summed E-state index contributed by atoms with van der Waals surface area (Å²) in [4.78, 5) is 13.1. The number of quaternary nitrogens is 1. The van der Waals surface area contributed by atoms with Crippen molar-refractivity contribution in [2.45, 2.75) is 25.3 Å². The zero-order chi connectivity index (χ0) is 17.7. The molecule has 3 fully saturated rings. The number of fused-ring (bicyclic) bond motifs is 5. The fourth-order valence-corrected chi connectivity index (χ4v) is 4.92. The van der Waals surface area contributed by atoms with Crippen LogP contribution in [0.3, 0.4) is 0 Å². The maximum Gasteiger partial charge on any atom is 0.255 e. The number of amides is 1. The molecular formula is C22H25N2O2+. The number of nitrogens with one attached hydrogen (secondary N) is 1. The summed E-state index contributed by atoms with van der Waals surface area (Å²) in [5, 5.41) is 3.33. The number of likely N-dealkylation sites (N-methyl/N-ethyl adjacent to an activating group) is 1. The number of rotatable bonds is 2. The summed E-state index contributed by atoms with van der Waals surface area (Å²) in [6.45, 7) is 3.55. The maximum atomic E-state index is 13.1. The van der Waals surface area contributed by atoms with Gasteiger partial charge in [0.1, 0.15) is 11.5 Å². The van der Waals surface area contributed by atoms with Crippen LogP contribution in [-0.4, -0.2) is 43.1 Å². The number of carbonyl (C=O) groups is 1. The Balaban J connectivity index is 1.41. The summed E-state index contributed by atoms with van der Waals surface area (Å²) in [6, 6.07) is 14.3. The highest BCUT2D eigenvalue weighted by Crippen LogP contribution is 2.39. The number of benzene rings is 2. The largest absolute Gasteiger partial charge is 0.456 e. The van der Waals surface area contributed by atoms with Gasteiger partial charge in [0.05, 0.1) is 38.3 Å². The molecule has 2 bridgehead atoms. The van der Waals surface area contributed by atoms with E-state index in [1.807, 2.05) is 30.3 Å². The molecular weight excluding hydrogens is 324 g/mol. The third kappa shape index (κ3) is 2.60. The van der Waals surface area contributed by atoms with E-state index < -0.39 is 0 Å². The molecule has 0 saturated carbocycles. The lowest BCUT2D eigenvalue weighted by Crippen LogP contribution is -2.65. The number of carbonyl (C=O) groups excluding carboxylic acids is 1. The molecule has 4 aliphatic heterocycles. The molecule has 134 valence electrons. The van der Waals surface area contributed by atoms with Gasteiger partial charge < -0.3 is 14.5 Å². The summed E-state index contributed by atoms with van der Waals surface area (Å²) in [7, 11) is 2.32. The highest BCUT2D eigenvalue weighted by Gasteiger charge is 2.44. The molecule has 2 aromatic rings. The smallest absolute Gasteiger partial charge is 0.255 e. The summed E-state index contributed by atoms with van der Waals surface area (Å²) < 4.78 is 7.23. The molecule has 1 amide bonds. The summed E-state index contributed by atoms with van der Waals surface area (Å²) >= 11 is 0. The third-order valence-electron chi connectivity index (χ3n) is 6.51. The number of nitrogens with zero attached hydrogens (tertiary/aromatic N) is 1. The van der Waals surface area contributed by atoms with Crippen LogP contribution in [0.15, 0.2) is 42.5 Å². The van der Waals surface area contributed by atoms with Gasteiger partial charge in [-0.25, -0.2) is 0 Å². The Labute approximate surface area is 154 Å². The quantitative estimate of drug-likeness (QED) is 0.721. The van der Waals surface area contributed by atoms with Crippen molar-refractivity contribution in [2.24, 2.45) is 5.92 Å². The minimum Gasteiger partial charge on any atom is -0.456 e. The predicted octanol–water partition coefficient (Wildman–Crippen LogP) is 3.35. The van der Waals surface area contributed by atoms with E-state index in [1.54, 1.807) is 0 Å². The first kappa shape index (κ1) is 15.9. The van der Waals surface area contributed by atoms with Crippen LogP contribution in [0.1, 0.15) is 34.3 Å². The minimum absolute atomic E-state index is 0.00609. The summed E-state index contributed by atoms with van der Waals surface area (Å²) in [5.41, 5.74) is 2.92. The molecule has 0 spiro atoms. The van der Waals surface area contributed by atoms with Gasteiger partial charge in [-0.15, -0.1) is 0 Å². The number of hydrogen-bond donors (Lipinski definition) is 1. The van der Waals surface area contributed by atoms with E-state index in [2.05, 4.69) is 24.5 Å². The van der Waals surface area contributed by atoms with E-state index >= 15 is 0 Å². The van der Waals surface area contributed by atoms with Crippen LogP contribution in [0.5, 0.6) is 11.5 Å². The van der Waals surface area contributed by atoms with E-state index in [-0.39, 0.29) is 11.9 Å². The topological polar surface area (TPSA) is 38.3 Å². The fourth-order valence-electron chi connectivity index (χ4n) is 4.92. The lowest BCUT2D eigenvalue weighted by molar-refractivity contribution is -0.925. The first-order valence-electron chi connectivity index (χ1n) is 9.63. The van der Waals surface area contributed by atoms with E-state index in [9.17, 15) is 4.79 Å². The molecule has 6 rings (SSSR count). The Hall–Kier alpha value is -2.33. The zero-order valence-electron chi connectivity index (χ0n) is 15.2. The molecule has 4 aliphatic rings. The van der Waals surface area contributed by atoms with Gasteiger partial charge in [0.25, 0.3) is 5.91 Å². The average molecular weight is 349 g/mol. The van der Waals surface area contributed by atoms with Crippen molar-refractivity contribution >= 4 is 5.91 Å². The van der Waals surface area contributed by atoms with E-state index in [1.165, 1.54) is 31.5 Å². The lowest BCUT2D eigenvalue weighted by atomic mass is 9.82. The third-order valence-corrected chi connectivity index (χ3v) is 6.51. The number of hydrogen-bond acceptors (Lipinski definition) is 2. The van der Waals surface area contributed by atoms with Gasteiger partial charge in [0.2, 0.25) is 0 Å². The van der Waals surface area contributed by atoms with Crippen molar-refractivity contribution in [1.82, 2.24) is 5.32 Å². The molecule has 1 atom stereocenters. The van der Waals surface area contributed by atoms with Gasteiger partial charge in [-0.3, -0.25) is 4.79 Å². The van der Waals surface area contributed by atoms with Gasteiger partial charge in [0, 0.05) is 24.8 Å². The molecule has 4 nitrogen and oxygen atoms in total. The van der Waals surface area contributed by atoms with Gasteiger partial charge >= 0.3 is 0 Å². The SMILES string of the molecule is C[N+]12CCC(CC1)C(NC(=O)c1cccc3c1Oc1ccccc1C3)C2. The normalized spacial score (nSPS) is 28.7. The standard InChI is InChI=1S/C22H24N2O2/c1-24-11-9-15(10-12-24)19(14-24)23-22(25)18-7-4-6-17-13-16-5-2-3-8-20(16)26-21(17)18/h2-8,15,19H,9-14H2,1H3/p+1. The molecule has 26 heavy (non-hydrogen) atoms. The second-order valence-electron chi connectivity index (χ2n) is 8.35. The fraction of sp³-hybridized carbons (Fsp3) is 0.409. The number of ether oxygens (including phenoxy) is 1. The Morgan fingerprint density at radius 3 is 2.65 bits per heavy atom. The Bertz CT molecular complexity index is 868. The molecule has 4 heterocycles. The van der Waals surface area contributed by atoms with Crippen molar-refractivity contribution in [1.29, 1.82) is 0 Å². The van der Waals surface area contributed by atoms with Gasteiger partial charge in [-0.1, -0.05) is 30.3 Å². The minimum atomic E-state index is 0.00609. The van der Waals surface area contributed by atoms with Crippen molar-refractivity contribution in [3.63, 3.8) is 0 Å². The molecule has 1 N–H and O–H groups in total. The molecule has 0 radical (unpaired) electrons. The van der Waals surface area contributed by atoms with Crippen LogP contribution in [0, 0.1) is 5.92 Å². The average Bonchev–Trinajstić information content (AvgIpc) is 2.66. The van der Waals surface area contributed by atoms with Gasteiger partial charge in [-0.05, 0) is 23.6 Å². The molecule has 4 heteroatoms. The molecule has 2 aromatic carbocycles. The lowest BCUT2D eigenvalue weighted by Gasteiger charge is -2.50. The molecule has 1 unspecified atom stereocenters. The summed E-state index contributed by atoms with van der Waals surface area (Å²) in [6.07, 6.45) is 3.25. The van der Waals surface area contributed by atoms with E-state index in [0.29, 0.717) is 11.5 Å². The zero-order valence-corrected chi connectivity index (χ0v) is 15.2. The first-order chi connectivity index (χ1) is 12.6. The van der Waals surface area contributed by atoms with Crippen LogP contribution >= 0.6 is 0 Å². The van der Waals surface area contributed by atoms with E-state index in [4.69, 9.17) is 4.74 Å². The maximum absolute atomic E-state index is 13.1. The predicted molar refractivity (Wildman–Crippen MR) is 101 cm³/mol. The van der Waals surface area contributed by atoms with Gasteiger partial charge in [-0.2, -0.15) is 0 Å². The van der Waals surface area contributed by atoms with Crippen LogP contribution in [-0.2, 0) is 6.42 Å². The summed E-state index contributed by atoms with van der Waals surface area (Å²) in [5.74, 6) is 2.22. The monoisotopic (exact) mass is 349 g/mol.